The third kappa shape index (κ3) is 4.03. The van der Waals surface area contributed by atoms with Crippen LogP contribution in [0.4, 0.5) is 0 Å². The van der Waals surface area contributed by atoms with E-state index in [1.165, 1.54) is 6.33 Å². The molecule has 0 aromatic carbocycles. The average molecular weight is 377 g/mol. The maximum absolute atomic E-state index is 12.5. The van der Waals surface area contributed by atoms with Gasteiger partial charge in [-0.3, -0.25) is 14.6 Å². The van der Waals surface area contributed by atoms with E-state index in [0.717, 1.165) is 11.3 Å². The van der Waals surface area contributed by atoms with Crippen molar-refractivity contribution in [2.75, 3.05) is 6.54 Å². The molecule has 28 heavy (non-hydrogen) atoms. The van der Waals surface area contributed by atoms with Gasteiger partial charge in [0.1, 0.15) is 12.7 Å². The van der Waals surface area contributed by atoms with Gasteiger partial charge in [-0.25, -0.2) is 14.6 Å². The zero-order valence-corrected chi connectivity index (χ0v) is 15.1. The minimum absolute atomic E-state index is 0.0235. The Morgan fingerprint density at radius 2 is 2.14 bits per heavy atom. The molecule has 4 heterocycles. The Morgan fingerprint density at radius 3 is 2.86 bits per heavy atom. The number of aromatic nitrogens is 5. The first kappa shape index (κ1) is 17.8. The SMILES string of the molecule is O=C(NCc1ccc(-n2cncn2)nc1)C1CC(=O)N(Cc2ccccn2)C1. The van der Waals surface area contributed by atoms with Crippen LogP contribution in [0.25, 0.3) is 5.82 Å². The van der Waals surface area contributed by atoms with Crippen LogP contribution in [0.1, 0.15) is 17.7 Å². The quantitative estimate of drug-likeness (QED) is 0.679. The topological polar surface area (TPSA) is 106 Å². The molecule has 0 spiro atoms. The zero-order chi connectivity index (χ0) is 19.3. The fraction of sp³-hybridized carbons (Fsp3) is 0.263. The van der Waals surface area contributed by atoms with Gasteiger partial charge in [0, 0.05) is 31.9 Å². The van der Waals surface area contributed by atoms with Gasteiger partial charge in [0.05, 0.1) is 18.2 Å². The molecular weight excluding hydrogens is 358 g/mol. The Labute approximate surface area is 161 Å². The molecule has 4 rings (SSSR count). The highest BCUT2D eigenvalue weighted by atomic mass is 16.2. The molecule has 9 heteroatoms. The van der Waals surface area contributed by atoms with Crippen LogP contribution in [0.15, 0.2) is 55.4 Å². The molecule has 1 unspecified atom stereocenters. The predicted octanol–water partition coefficient (Wildman–Crippen LogP) is 0.722. The molecule has 0 saturated carbocycles. The molecule has 3 aromatic heterocycles. The summed E-state index contributed by atoms with van der Waals surface area (Å²) in [6, 6.07) is 9.27. The molecule has 1 N–H and O–H groups in total. The summed E-state index contributed by atoms with van der Waals surface area (Å²) in [5, 5.41) is 6.91. The molecule has 9 nitrogen and oxygen atoms in total. The van der Waals surface area contributed by atoms with Crippen LogP contribution in [0.2, 0.25) is 0 Å². The molecule has 0 bridgehead atoms. The molecular formula is C19H19N7O2. The van der Waals surface area contributed by atoms with Crippen molar-refractivity contribution in [1.82, 2.24) is 34.9 Å². The first-order valence-electron chi connectivity index (χ1n) is 8.94. The van der Waals surface area contributed by atoms with E-state index in [-0.39, 0.29) is 24.2 Å². The Bertz CT molecular complexity index is 942. The highest BCUT2D eigenvalue weighted by Crippen LogP contribution is 2.20. The Hall–Kier alpha value is -3.62. The maximum Gasteiger partial charge on any atom is 0.225 e. The second-order valence-electron chi connectivity index (χ2n) is 6.58. The van der Waals surface area contributed by atoms with Gasteiger partial charge in [0.2, 0.25) is 11.8 Å². The lowest BCUT2D eigenvalue weighted by Gasteiger charge is -2.16. The third-order valence-electron chi connectivity index (χ3n) is 4.59. The molecule has 2 amide bonds. The smallest absolute Gasteiger partial charge is 0.225 e. The maximum atomic E-state index is 12.5. The van der Waals surface area contributed by atoms with E-state index < -0.39 is 0 Å². The van der Waals surface area contributed by atoms with Crippen LogP contribution < -0.4 is 5.32 Å². The van der Waals surface area contributed by atoms with Crippen LogP contribution in [0.5, 0.6) is 0 Å². The van der Waals surface area contributed by atoms with Gasteiger partial charge in [0.15, 0.2) is 5.82 Å². The van der Waals surface area contributed by atoms with Crippen molar-refractivity contribution < 1.29 is 9.59 Å². The first-order chi connectivity index (χ1) is 13.7. The molecule has 1 atom stereocenters. The number of hydrogen-bond acceptors (Lipinski definition) is 6. The molecule has 1 aliphatic rings. The van der Waals surface area contributed by atoms with E-state index in [1.54, 1.807) is 28.3 Å². The summed E-state index contributed by atoms with van der Waals surface area (Å²) < 4.78 is 1.56. The summed E-state index contributed by atoms with van der Waals surface area (Å²) in [4.78, 5) is 38.8. The van der Waals surface area contributed by atoms with Crippen LogP contribution in [0, 0.1) is 5.92 Å². The fourth-order valence-corrected chi connectivity index (χ4v) is 3.10. The van der Waals surface area contributed by atoms with Gasteiger partial charge in [-0.2, -0.15) is 5.10 Å². The van der Waals surface area contributed by atoms with Crippen molar-refractivity contribution in [3.8, 4) is 5.82 Å². The highest BCUT2D eigenvalue weighted by Gasteiger charge is 2.34. The molecule has 3 aromatic rings. The van der Waals surface area contributed by atoms with Crippen LogP contribution in [-0.4, -0.2) is 48.0 Å². The second kappa shape index (κ2) is 7.95. The summed E-state index contributed by atoms with van der Waals surface area (Å²) in [5.41, 5.74) is 1.68. The number of nitrogens with zero attached hydrogens (tertiary/aromatic N) is 6. The first-order valence-corrected chi connectivity index (χ1v) is 8.94. The molecule has 1 saturated heterocycles. The van der Waals surface area contributed by atoms with Crippen molar-refractivity contribution in [3.63, 3.8) is 0 Å². The van der Waals surface area contributed by atoms with Crippen molar-refractivity contribution in [3.05, 3.63) is 66.6 Å². The van der Waals surface area contributed by atoms with E-state index in [2.05, 4.69) is 25.4 Å². The lowest BCUT2D eigenvalue weighted by atomic mass is 10.1. The highest BCUT2D eigenvalue weighted by molar-refractivity contribution is 5.89. The fourth-order valence-electron chi connectivity index (χ4n) is 3.10. The minimum atomic E-state index is -0.349. The van der Waals surface area contributed by atoms with Gasteiger partial charge in [-0.15, -0.1) is 0 Å². The van der Waals surface area contributed by atoms with Crippen molar-refractivity contribution >= 4 is 11.8 Å². The van der Waals surface area contributed by atoms with Gasteiger partial charge in [0.25, 0.3) is 0 Å². The third-order valence-corrected chi connectivity index (χ3v) is 4.59. The summed E-state index contributed by atoms with van der Waals surface area (Å²) in [7, 11) is 0. The average Bonchev–Trinajstić information content (AvgIpc) is 3.38. The van der Waals surface area contributed by atoms with E-state index in [9.17, 15) is 9.59 Å². The Kier molecular flexibility index (Phi) is 5.05. The van der Waals surface area contributed by atoms with Gasteiger partial charge >= 0.3 is 0 Å². The van der Waals surface area contributed by atoms with Crippen LogP contribution >= 0.6 is 0 Å². The largest absolute Gasteiger partial charge is 0.352 e. The van der Waals surface area contributed by atoms with Crippen molar-refractivity contribution in [2.24, 2.45) is 5.92 Å². The monoisotopic (exact) mass is 377 g/mol. The summed E-state index contributed by atoms with van der Waals surface area (Å²) in [5.74, 6) is 0.152. The number of amides is 2. The van der Waals surface area contributed by atoms with Gasteiger partial charge < -0.3 is 10.2 Å². The van der Waals surface area contributed by atoms with Crippen LogP contribution in [-0.2, 0) is 22.7 Å². The normalized spacial score (nSPS) is 16.4. The number of nitrogens with one attached hydrogen (secondary N) is 1. The molecule has 1 fully saturated rings. The number of hydrogen-bond donors (Lipinski definition) is 1. The summed E-state index contributed by atoms with van der Waals surface area (Å²) in [6.45, 7) is 1.19. The standard InChI is InChI=1S/C19H19N7O2/c27-18-7-15(10-25(18)11-16-3-1-2-6-21-16)19(28)23-9-14-4-5-17(22-8-14)26-13-20-12-24-26/h1-6,8,12-13,15H,7,9-11H2,(H,23,28). The molecule has 0 aliphatic carbocycles. The van der Waals surface area contributed by atoms with E-state index >= 15 is 0 Å². The predicted molar refractivity (Wildman–Crippen MR) is 98.8 cm³/mol. The number of pyridine rings is 2. The van der Waals surface area contributed by atoms with E-state index in [1.807, 2.05) is 30.3 Å². The zero-order valence-electron chi connectivity index (χ0n) is 15.1. The second-order valence-corrected chi connectivity index (χ2v) is 6.58. The Morgan fingerprint density at radius 1 is 1.21 bits per heavy atom. The Balaban J connectivity index is 1.30. The van der Waals surface area contributed by atoms with Crippen molar-refractivity contribution in [1.29, 1.82) is 0 Å². The van der Waals surface area contributed by atoms with E-state index in [4.69, 9.17) is 0 Å². The van der Waals surface area contributed by atoms with Gasteiger partial charge in [-0.05, 0) is 23.8 Å². The van der Waals surface area contributed by atoms with Gasteiger partial charge in [-0.1, -0.05) is 12.1 Å². The summed E-state index contributed by atoms with van der Waals surface area (Å²) >= 11 is 0. The number of carbonyl (C=O) groups excluding carboxylic acids is 2. The van der Waals surface area contributed by atoms with Crippen molar-refractivity contribution in [2.45, 2.75) is 19.5 Å². The lowest BCUT2D eigenvalue weighted by molar-refractivity contribution is -0.129. The number of rotatable bonds is 6. The number of likely N-dealkylation sites (tertiary alicyclic amines) is 1. The summed E-state index contributed by atoms with van der Waals surface area (Å²) in [6.07, 6.45) is 6.61. The lowest BCUT2D eigenvalue weighted by Crippen LogP contribution is -2.32. The number of carbonyl (C=O) groups is 2. The minimum Gasteiger partial charge on any atom is -0.352 e. The van der Waals surface area contributed by atoms with Crippen LogP contribution in [0.3, 0.4) is 0 Å². The molecule has 0 radical (unpaired) electrons. The molecule has 142 valence electrons. The molecule has 1 aliphatic heterocycles. The van der Waals surface area contributed by atoms with E-state index in [0.29, 0.717) is 25.5 Å².